The Morgan fingerprint density at radius 3 is 2.50 bits per heavy atom. The van der Waals surface area contributed by atoms with Gasteiger partial charge in [0.15, 0.2) is 0 Å². The van der Waals surface area contributed by atoms with E-state index in [1.807, 2.05) is 19.1 Å². The van der Waals surface area contributed by atoms with Gasteiger partial charge in [0.05, 0.1) is 5.60 Å². The average Bonchev–Trinajstić information content (AvgIpc) is 2.33. The number of carbonyl (C=O) groups is 1. The van der Waals surface area contributed by atoms with Crippen LogP contribution in [-0.4, -0.2) is 34.3 Å². The summed E-state index contributed by atoms with van der Waals surface area (Å²) in [7, 11) is 0. The fourth-order valence-corrected chi connectivity index (χ4v) is 2.41. The number of hydrogen-bond acceptors (Lipinski definition) is 2. The molecule has 1 aliphatic rings. The van der Waals surface area contributed by atoms with Crippen LogP contribution in [0.3, 0.4) is 0 Å². The van der Waals surface area contributed by atoms with Crippen LogP contribution in [0.4, 0.5) is 4.79 Å². The minimum absolute atomic E-state index is 0.355. The maximum atomic E-state index is 10.8. The Bertz CT molecular complexity index is 467. The Morgan fingerprint density at radius 2 is 2.00 bits per heavy atom. The van der Waals surface area contributed by atoms with Crippen LogP contribution in [0.1, 0.15) is 24.0 Å². The Kier molecular flexibility index (Phi) is 3.50. The Hall–Kier alpha value is -1.26. The lowest BCUT2D eigenvalue weighted by molar-refractivity contribution is -0.0213. The highest BCUT2D eigenvalue weighted by molar-refractivity contribution is 6.31. The predicted molar refractivity (Wildman–Crippen MR) is 68.9 cm³/mol. The normalized spacial score (nSPS) is 18.7. The smallest absolute Gasteiger partial charge is 0.407 e. The van der Waals surface area contributed by atoms with Crippen LogP contribution in [0.25, 0.3) is 0 Å². The van der Waals surface area contributed by atoms with Crippen LogP contribution >= 0.6 is 11.6 Å². The number of aryl methyl sites for hydroxylation is 1. The molecule has 1 aliphatic heterocycles. The van der Waals surface area contributed by atoms with Gasteiger partial charge in [-0.2, -0.15) is 0 Å². The molecule has 0 bridgehead atoms. The van der Waals surface area contributed by atoms with Crippen LogP contribution in [0.2, 0.25) is 5.02 Å². The van der Waals surface area contributed by atoms with Crippen LogP contribution in [0.15, 0.2) is 18.2 Å². The van der Waals surface area contributed by atoms with Crippen molar-refractivity contribution < 1.29 is 15.0 Å². The molecule has 18 heavy (non-hydrogen) atoms. The van der Waals surface area contributed by atoms with E-state index in [2.05, 4.69) is 0 Å². The molecule has 1 heterocycles. The zero-order valence-corrected chi connectivity index (χ0v) is 10.9. The number of piperidine rings is 1. The summed E-state index contributed by atoms with van der Waals surface area (Å²) in [5.74, 6) is 0. The molecule has 98 valence electrons. The molecular weight excluding hydrogens is 254 g/mol. The predicted octanol–water partition coefficient (Wildman–Crippen LogP) is 2.61. The van der Waals surface area contributed by atoms with Gasteiger partial charge in [0.1, 0.15) is 0 Å². The monoisotopic (exact) mass is 269 g/mol. The van der Waals surface area contributed by atoms with Crippen molar-refractivity contribution in [3.05, 3.63) is 34.3 Å². The van der Waals surface area contributed by atoms with Gasteiger partial charge >= 0.3 is 6.09 Å². The molecule has 1 aromatic rings. The van der Waals surface area contributed by atoms with Crippen molar-refractivity contribution in [1.29, 1.82) is 0 Å². The van der Waals surface area contributed by atoms with Crippen molar-refractivity contribution in [3.8, 4) is 0 Å². The quantitative estimate of drug-likeness (QED) is 0.824. The number of carboxylic acid groups (broad SMARTS) is 1. The first-order valence-corrected chi connectivity index (χ1v) is 6.27. The largest absolute Gasteiger partial charge is 0.465 e. The van der Waals surface area contributed by atoms with Crippen LogP contribution < -0.4 is 0 Å². The Balaban J connectivity index is 2.18. The molecule has 0 unspecified atom stereocenters. The number of halogens is 1. The maximum absolute atomic E-state index is 10.8. The van der Waals surface area contributed by atoms with Crippen molar-refractivity contribution in [1.82, 2.24) is 4.90 Å². The second-order valence-electron chi connectivity index (χ2n) is 4.77. The van der Waals surface area contributed by atoms with E-state index in [1.165, 1.54) is 4.90 Å². The standard InChI is InChI=1S/C13H16ClNO3/c1-9-8-10(2-3-11(9)14)13(18)4-6-15(7-5-13)12(16)17/h2-3,8,18H,4-7H2,1H3,(H,16,17). The Labute approximate surface area is 111 Å². The molecule has 1 fully saturated rings. The maximum Gasteiger partial charge on any atom is 0.407 e. The highest BCUT2D eigenvalue weighted by Crippen LogP contribution is 2.34. The summed E-state index contributed by atoms with van der Waals surface area (Å²) in [5.41, 5.74) is 0.791. The number of rotatable bonds is 1. The molecule has 1 saturated heterocycles. The summed E-state index contributed by atoms with van der Waals surface area (Å²) >= 11 is 5.96. The molecule has 0 atom stereocenters. The van der Waals surface area contributed by atoms with Gasteiger partial charge in [-0.3, -0.25) is 0 Å². The molecule has 0 saturated carbocycles. The molecule has 0 radical (unpaired) electrons. The summed E-state index contributed by atoms with van der Waals surface area (Å²) in [6.07, 6.45) is -0.0925. The van der Waals surface area contributed by atoms with E-state index in [4.69, 9.17) is 16.7 Å². The minimum Gasteiger partial charge on any atom is -0.465 e. The number of hydrogen-bond donors (Lipinski definition) is 2. The van der Waals surface area contributed by atoms with Crippen LogP contribution in [0.5, 0.6) is 0 Å². The van der Waals surface area contributed by atoms with Gasteiger partial charge in [-0.05, 0) is 37.0 Å². The van der Waals surface area contributed by atoms with Gasteiger partial charge in [0.2, 0.25) is 0 Å². The van der Waals surface area contributed by atoms with E-state index in [-0.39, 0.29) is 0 Å². The van der Waals surface area contributed by atoms with Gasteiger partial charge in [0, 0.05) is 18.1 Å². The van der Waals surface area contributed by atoms with Gasteiger partial charge in [-0.25, -0.2) is 4.79 Å². The first kappa shape index (κ1) is 13.2. The molecule has 4 nitrogen and oxygen atoms in total. The molecule has 0 spiro atoms. The second kappa shape index (κ2) is 4.78. The van der Waals surface area contributed by atoms with Crippen LogP contribution in [-0.2, 0) is 5.60 Å². The minimum atomic E-state index is -0.943. The highest BCUT2D eigenvalue weighted by atomic mass is 35.5. The van der Waals surface area contributed by atoms with E-state index < -0.39 is 11.7 Å². The van der Waals surface area contributed by atoms with Crippen molar-refractivity contribution in [2.75, 3.05) is 13.1 Å². The highest BCUT2D eigenvalue weighted by Gasteiger charge is 2.35. The molecule has 1 amide bonds. The van der Waals surface area contributed by atoms with Crippen LogP contribution in [0, 0.1) is 6.92 Å². The first-order chi connectivity index (χ1) is 8.42. The molecular formula is C13H16ClNO3. The van der Waals surface area contributed by atoms with Gasteiger partial charge < -0.3 is 15.1 Å². The zero-order valence-electron chi connectivity index (χ0n) is 10.2. The third-order valence-electron chi connectivity index (χ3n) is 3.56. The third-order valence-corrected chi connectivity index (χ3v) is 3.98. The number of nitrogens with zero attached hydrogens (tertiary/aromatic N) is 1. The number of likely N-dealkylation sites (tertiary alicyclic amines) is 1. The molecule has 2 N–H and O–H groups in total. The molecule has 1 aromatic carbocycles. The first-order valence-electron chi connectivity index (χ1n) is 5.89. The molecule has 5 heteroatoms. The van der Waals surface area contributed by atoms with E-state index >= 15 is 0 Å². The molecule has 0 aromatic heterocycles. The van der Waals surface area contributed by atoms with Crippen molar-refractivity contribution in [2.24, 2.45) is 0 Å². The van der Waals surface area contributed by atoms with E-state index in [0.29, 0.717) is 31.0 Å². The lowest BCUT2D eigenvalue weighted by atomic mass is 9.84. The second-order valence-corrected chi connectivity index (χ2v) is 5.17. The zero-order chi connectivity index (χ0) is 13.3. The fourth-order valence-electron chi connectivity index (χ4n) is 2.29. The Morgan fingerprint density at radius 1 is 1.39 bits per heavy atom. The summed E-state index contributed by atoms with van der Waals surface area (Å²) in [6, 6.07) is 5.46. The SMILES string of the molecule is Cc1cc(C2(O)CCN(C(=O)O)CC2)ccc1Cl. The molecule has 0 aliphatic carbocycles. The fraction of sp³-hybridized carbons (Fsp3) is 0.462. The number of benzene rings is 1. The average molecular weight is 270 g/mol. The molecule has 2 rings (SSSR count). The summed E-state index contributed by atoms with van der Waals surface area (Å²) < 4.78 is 0. The van der Waals surface area contributed by atoms with Gasteiger partial charge in [-0.15, -0.1) is 0 Å². The summed E-state index contributed by atoms with van der Waals surface area (Å²) in [5, 5.41) is 20.2. The number of aliphatic hydroxyl groups is 1. The summed E-state index contributed by atoms with van der Waals surface area (Å²) in [6.45, 7) is 2.60. The van der Waals surface area contributed by atoms with Crippen molar-refractivity contribution in [2.45, 2.75) is 25.4 Å². The van der Waals surface area contributed by atoms with Crippen molar-refractivity contribution in [3.63, 3.8) is 0 Å². The van der Waals surface area contributed by atoms with Crippen molar-refractivity contribution >= 4 is 17.7 Å². The lowest BCUT2D eigenvalue weighted by Gasteiger charge is -2.37. The van der Waals surface area contributed by atoms with E-state index in [1.54, 1.807) is 6.07 Å². The number of amides is 1. The van der Waals surface area contributed by atoms with Gasteiger partial charge in [-0.1, -0.05) is 23.7 Å². The third kappa shape index (κ3) is 2.44. The summed E-state index contributed by atoms with van der Waals surface area (Å²) in [4.78, 5) is 12.2. The topological polar surface area (TPSA) is 60.8 Å². The van der Waals surface area contributed by atoms with E-state index in [0.717, 1.165) is 11.1 Å². The van der Waals surface area contributed by atoms with E-state index in [9.17, 15) is 9.90 Å². The van der Waals surface area contributed by atoms with Gasteiger partial charge in [0.25, 0.3) is 0 Å². The lowest BCUT2D eigenvalue weighted by Crippen LogP contribution is -2.44.